The van der Waals surface area contributed by atoms with E-state index in [1.165, 1.54) is 6.92 Å². The second kappa shape index (κ2) is 11.4. The molecule has 0 fully saturated rings. The molecular weight excluding hydrogens is 216 g/mol. The van der Waals surface area contributed by atoms with Crippen molar-refractivity contribution in [3.63, 3.8) is 0 Å². The van der Waals surface area contributed by atoms with Crippen LogP contribution >= 0.6 is 0 Å². The highest BCUT2D eigenvalue weighted by Crippen LogP contribution is 1.97. The highest BCUT2D eigenvalue weighted by molar-refractivity contribution is 5.86. The van der Waals surface area contributed by atoms with Gasteiger partial charge in [0.1, 0.15) is 6.04 Å². The van der Waals surface area contributed by atoms with E-state index in [1.54, 1.807) is 0 Å². The molecule has 0 aliphatic heterocycles. The molecule has 4 nitrogen and oxygen atoms in total. The standard InChI is InChI=1S/C11H22N2O2.C2H6/c1-5-6-10(13-9(4)14)11(15)12-7-8(2)3;1-2/h8,10H,5-7H2,1-4H3,(H,12,15)(H,13,14);1-2H3. The lowest BCUT2D eigenvalue weighted by molar-refractivity contribution is -0.128. The van der Waals surface area contributed by atoms with E-state index in [2.05, 4.69) is 10.6 Å². The van der Waals surface area contributed by atoms with Crippen molar-refractivity contribution in [2.24, 2.45) is 5.92 Å². The summed E-state index contributed by atoms with van der Waals surface area (Å²) < 4.78 is 0. The van der Waals surface area contributed by atoms with E-state index >= 15 is 0 Å². The number of rotatable bonds is 6. The summed E-state index contributed by atoms with van der Waals surface area (Å²) in [4.78, 5) is 22.5. The van der Waals surface area contributed by atoms with Crippen LogP contribution in [-0.2, 0) is 9.59 Å². The van der Waals surface area contributed by atoms with Crippen molar-refractivity contribution >= 4 is 11.8 Å². The van der Waals surface area contributed by atoms with Crippen LogP contribution in [0.4, 0.5) is 0 Å². The number of hydrogen-bond acceptors (Lipinski definition) is 2. The molecule has 0 aromatic rings. The van der Waals surface area contributed by atoms with Crippen molar-refractivity contribution in [1.82, 2.24) is 10.6 Å². The molecule has 17 heavy (non-hydrogen) atoms. The zero-order chi connectivity index (χ0) is 13.8. The minimum Gasteiger partial charge on any atom is -0.354 e. The van der Waals surface area contributed by atoms with Gasteiger partial charge in [-0.15, -0.1) is 0 Å². The van der Waals surface area contributed by atoms with Gasteiger partial charge >= 0.3 is 0 Å². The fourth-order valence-corrected chi connectivity index (χ4v) is 1.23. The predicted molar refractivity (Wildman–Crippen MR) is 71.7 cm³/mol. The zero-order valence-electron chi connectivity index (χ0n) is 12.1. The smallest absolute Gasteiger partial charge is 0.242 e. The molecule has 2 N–H and O–H groups in total. The number of nitrogens with one attached hydrogen (secondary N) is 2. The molecule has 4 heteroatoms. The lowest BCUT2D eigenvalue weighted by Gasteiger charge is -2.17. The molecule has 0 bridgehead atoms. The van der Waals surface area contributed by atoms with Gasteiger partial charge in [-0.05, 0) is 12.3 Å². The maximum atomic E-state index is 11.6. The van der Waals surface area contributed by atoms with Crippen molar-refractivity contribution < 1.29 is 9.59 Å². The highest BCUT2D eigenvalue weighted by Gasteiger charge is 2.17. The second-order valence-corrected chi connectivity index (χ2v) is 4.18. The van der Waals surface area contributed by atoms with Crippen LogP contribution in [0.5, 0.6) is 0 Å². The summed E-state index contributed by atoms with van der Waals surface area (Å²) in [5, 5.41) is 5.47. The van der Waals surface area contributed by atoms with E-state index in [9.17, 15) is 9.59 Å². The molecule has 0 saturated carbocycles. The van der Waals surface area contributed by atoms with Gasteiger partial charge in [-0.3, -0.25) is 9.59 Å². The van der Waals surface area contributed by atoms with Crippen LogP contribution in [0.1, 0.15) is 54.4 Å². The van der Waals surface area contributed by atoms with Crippen molar-refractivity contribution in [2.75, 3.05) is 6.54 Å². The van der Waals surface area contributed by atoms with Gasteiger partial charge in [0.2, 0.25) is 11.8 Å². The number of carbonyl (C=O) groups is 2. The average molecular weight is 244 g/mol. The van der Waals surface area contributed by atoms with Gasteiger partial charge in [0.05, 0.1) is 0 Å². The maximum Gasteiger partial charge on any atom is 0.242 e. The fourth-order valence-electron chi connectivity index (χ4n) is 1.23. The Labute approximate surface area is 106 Å². The third-order valence-corrected chi connectivity index (χ3v) is 1.96. The molecule has 0 aliphatic carbocycles. The quantitative estimate of drug-likeness (QED) is 0.751. The summed E-state index contributed by atoms with van der Waals surface area (Å²) in [6, 6.07) is -0.383. The zero-order valence-corrected chi connectivity index (χ0v) is 12.1. The van der Waals surface area contributed by atoms with E-state index in [0.717, 1.165) is 6.42 Å². The largest absolute Gasteiger partial charge is 0.354 e. The van der Waals surface area contributed by atoms with E-state index < -0.39 is 0 Å². The van der Waals surface area contributed by atoms with Crippen molar-refractivity contribution in [3.05, 3.63) is 0 Å². The molecule has 0 saturated heterocycles. The minimum absolute atomic E-state index is 0.0826. The van der Waals surface area contributed by atoms with Crippen molar-refractivity contribution in [1.29, 1.82) is 0 Å². The molecule has 0 aromatic carbocycles. The lowest BCUT2D eigenvalue weighted by atomic mass is 10.1. The maximum absolute atomic E-state index is 11.6. The molecule has 0 aromatic heterocycles. The average Bonchev–Trinajstić information content (AvgIpc) is 2.27. The van der Waals surface area contributed by atoms with Crippen LogP contribution < -0.4 is 10.6 Å². The van der Waals surface area contributed by atoms with Crippen LogP contribution in [0.15, 0.2) is 0 Å². The van der Waals surface area contributed by atoms with E-state index in [1.807, 2.05) is 34.6 Å². The third-order valence-electron chi connectivity index (χ3n) is 1.96. The topological polar surface area (TPSA) is 58.2 Å². The lowest BCUT2D eigenvalue weighted by Crippen LogP contribution is -2.46. The molecule has 2 amide bonds. The van der Waals surface area contributed by atoms with Crippen LogP contribution in [0.3, 0.4) is 0 Å². The summed E-state index contributed by atoms with van der Waals surface area (Å²) in [6.07, 6.45) is 1.56. The van der Waals surface area contributed by atoms with Gasteiger partial charge in [0.25, 0.3) is 0 Å². The number of carbonyl (C=O) groups excluding carboxylic acids is 2. The molecule has 0 aliphatic rings. The second-order valence-electron chi connectivity index (χ2n) is 4.18. The summed E-state index contributed by atoms with van der Waals surface area (Å²) in [6.45, 7) is 12.1. The Morgan fingerprint density at radius 3 is 2.06 bits per heavy atom. The minimum atomic E-state index is -0.383. The summed E-state index contributed by atoms with van der Waals surface area (Å²) in [5.74, 6) is 0.183. The predicted octanol–water partition coefficient (Wildman–Crippen LogP) is 2.09. The Morgan fingerprint density at radius 2 is 1.71 bits per heavy atom. The van der Waals surface area contributed by atoms with E-state index in [0.29, 0.717) is 18.9 Å². The van der Waals surface area contributed by atoms with Gasteiger partial charge in [-0.25, -0.2) is 0 Å². The van der Waals surface area contributed by atoms with Crippen LogP contribution in [-0.4, -0.2) is 24.4 Å². The Balaban J connectivity index is 0. The Morgan fingerprint density at radius 1 is 1.18 bits per heavy atom. The SMILES string of the molecule is CC.CCCC(NC(C)=O)C(=O)NCC(C)C. The number of hydrogen-bond donors (Lipinski definition) is 2. The molecule has 1 atom stereocenters. The van der Waals surface area contributed by atoms with Crippen molar-refractivity contribution in [3.8, 4) is 0 Å². The summed E-state index contributed by atoms with van der Waals surface area (Å²) >= 11 is 0. The Bertz CT molecular complexity index is 215. The first-order valence-corrected chi connectivity index (χ1v) is 6.52. The van der Waals surface area contributed by atoms with Gasteiger partial charge < -0.3 is 10.6 Å². The third kappa shape index (κ3) is 11.2. The molecule has 0 radical (unpaired) electrons. The Hall–Kier alpha value is -1.06. The van der Waals surface area contributed by atoms with Gasteiger partial charge in [-0.1, -0.05) is 41.0 Å². The first kappa shape index (κ1) is 18.3. The molecule has 0 heterocycles. The Kier molecular flexibility index (Phi) is 12.3. The molecule has 1 unspecified atom stereocenters. The normalized spacial score (nSPS) is 11.2. The monoisotopic (exact) mass is 244 g/mol. The van der Waals surface area contributed by atoms with E-state index in [-0.39, 0.29) is 17.9 Å². The molecule has 102 valence electrons. The van der Waals surface area contributed by atoms with Crippen LogP contribution in [0.2, 0.25) is 0 Å². The molecule has 0 spiro atoms. The molecular formula is C13H28N2O2. The summed E-state index contributed by atoms with van der Waals surface area (Å²) in [7, 11) is 0. The van der Waals surface area contributed by atoms with Gasteiger partial charge in [0.15, 0.2) is 0 Å². The number of amides is 2. The van der Waals surface area contributed by atoms with Crippen LogP contribution in [0, 0.1) is 5.92 Å². The first-order chi connectivity index (χ1) is 7.97. The summed E-state index contributed by atoms with van der Waals surface area (Å²) in [5.41, 5.74) is 0. The fraction of sp³-hybridized carbons (Fsp3) is 0.846. The van der Waals surface area contributed by atoms with Gasteiger partial charge in [0, 0.05) is 13.5 Å². The first-order valence-electron chi connectivity index (χ1n) is 6.52. The van der Waals surface area contributed by atoms with Crippen molar-refractivity contribution in [2.45, 2.75) is 60.4 Å². The van der Waals surface area contributed by atoms with Gasteiger partial charge in [-0.2, -0.15) is 0 Å². The molecule has 0 rings (SSSR count). The van der Waals surface area contributed by atoms with E-state index in [4.69, 9.17) is 0 Å². The van der Waals surface area contributed by atoms with Crippen LogP contribution in [0.25, 0.3) is 0 Å². The highest BCUT2D eigenvalue weighted by atomic mass is 16.2.